The lowest BCUT2D eigenvalue weighted by molar-refractivity contribution is 0.0951. The van der Waals surface area contributed by atoms with Crippen molar-refractivity contribution in [3.63, 3.8) is 0 Å². The number of ether oxygens (including phenoxy) is 1. The number of carbonyl (C=O) groups excluding carboxylic acids is 1. The standard InChI is InChI=1S/C24H20ClN5O2S/c1-14(2)32-24-22(19-6-7-20(25)33-19)28-18-11-16(4-5-17(18)29-24)23(31)27-12-15-3-8-21-26-9-10-30(21)13-15/h3-11,13-14H,12H2,1-2H3,(H,27,31). The van der Waals surface area contributed by atoms with Crippen molar-refractivity contribution in [2.45, 2.75) is 26.5 Å². The number of halogens is 1. The molecule has 1 aromatic carbocycles. The van der Waals surface area contributed by atoms with Crippen LogP contribution in [0.2, 0.25) is 4.34 Å². The molecule has 0 bridgehead atoms. The molecule has 1 N–H and O–H groups in total. The number of rotatable bonds is 6. The topological polar surface area (TPSA) is 81.4 Å². The van der Waals surface area contributed by atoms with Crippen molar-refractivity contribution in [3.05, 3.63) is 76.5 Å². The minimum absolute atomic E-state index is 0.0578. The fourth-order valence-corrected chi connectivity index (χ4v) is 4.47. The van der Waals surface area contributed by atoms with Gasteiger partial charge in [0.2, 0.25) is 5.88 Å². The van der Waals surface area contributed by atoms with Gasteiger partial charge in [0, 0.05) is 30.7 Å². The Morgan fingerprint density at radius 2 is 2.03 bits per heavy atom. The maximum atomic E-state index is 12.8. The van der Waals surface area contributed by atoms with Crippen LogP contribution in [-0.2, 0) is 6.54 Å². The van der Waals surface area contributed by atoms with Gasteiger partial charge in [0.05, 0.1) is 26.4 Å². The zero-order valence-corrected chi connectivity index (χ0v) is 19.5. The predicted octanol–water partition coefficient (Wildman–Crippen LogP) is 5.38. The van der Waals surface area contributed by atoms with Crippen LogP contribution in [0.15, 0.2) is 61.1 Å². The summed E-state index contributed by atoms with van der Waals surface area (Å²) < 4.78 is 8.49. The Morgan fingerprint density at radius 3 is 2.82 bits per heavy atom. The summed E-state index contributed by atoms with van der Waals surface area (Å²) in [6.07, 6.45) is 5.50. The van der Waals surface area contributed by atoms with E-state index in [9.17, 15) is 4.79 Å². The van der Waals surface area contributed by atoms with Crippen LogP contribution in [0.1, 0.15) is 29.8 Å². The van der Waals surface area contributed by atoms with E-state index in [1.54, 1.807) is 24.4 Å². The number of hydrogen-bond donors (Lipinski definition) is 1. The van der Waals surface area contributed by atoms with Gasteiger partial charge in [-0.25, -0.2) is 15.0 Å². The number of fused-ring (bicyclic) bond motifs is 2. The molecule has 0 fully saturated rings. The summed E-state index contributed by atoms with van der Waals surface area (Å²) in [7, 11) is 0. The monoisotopic (exact) mass is 477 g/mol. The molecule has 166 valence electrons. The minimum atomic E-state index is -0.187. The third kappa shape index (κ3) is 4.53. The number of benzene rings is 1. The van der Waals surface area contributed by atoms with Gasteiger partial charge in [-0.15, -0.1) is 11.3 Å². The Labute approximate surface area is 199 Å². The number of pyridine rings is 1. The van der Waals surface area contributed by atoms with Crippen LogP contribution in [0.4, 0.5) is 0 Å². The molecule has 0 atom stereocenters. The van der Waals surface area contributed by atoms with Crippen molar-refractivity contribution in [1.82, 2.24) is 24.7 Å². The lowest BCUT2D eigenvalue weighted by Gasteiger charge is -2.13. The van der Waals surface area contributed by atoms with Crippen LogP contribution < -0.4 is 10.1 Å². The lowest BCUT2D eigenvalue weighted by Crippen LogP contribution is -2.23. The number of amides is 1. The van der Waals surface area contributed by atoms with Gasteiger partial charge in [0.25, 0.3) is 5.91 Å². The third-order valence-electron chi connectivity index (χ3n) is 4.95. The molecular weight excluding hydrogens is 458 g/mol. The molecule has 5 aromatic rings. The van der Waals surface area contributed by atoms with Gasteiger partial charge in [0.15, 0.2) is 0 Å². The number of imidazole rings is 1. The summed E-state index contributed by atoms with van der Waals surface area (Å²) in [5.74, 6) is 0.260. The zero-order valence-electron chi connectivity index (χ0n) is 17.9. The fourth-order valence-electron chi connectivity index (χ4n) is 3.44. The van der Waals surface area contributed by atoms with Gasteiger partial charge in [-0.2, -0.15) is 0 Å². The zero-order chi connectivity index (χ0) is 22.9. The van der Waals surface area contributed by atoms with Gasteiger partial charge >= 0.3 is 0 Å². The van der Waals surface area contributed by atoms with E-state index in [2.05, 4.69) is 15.3 Å². The van der Waals surface area contributed by atoms with E-state index in [1.165, 1.54) is 11.3 Å². The molecule has 9 heteroatoms. The van der Waals surface area contributed by atoms with E-state index in [1.807, 2.05) is 54.9 Å². The normalized spacial score (nSPS) is 11.4. The Bertz CT molecular complexity index is 1480. The molecule has 5 rings (SSSR count). The molecule has 0 aliphatic heterocycles. The predicted molar refractivity (Wildman–Crippen MR) is 130 cm³/mol. The van der Waals surface area contributed by atoms with Gasteiger partial charge in [-0.1, -0.05) is 17.7 Å². The van der Waals surface area contributed by atoms with Crippen LogP contribution in [0.5, 0.6) is 5.88 Å². The van der Waals surface area contributed by atoms with Crippen LogP contribution in [0, 0.1) is 0 Å². The smallest absolute Gasteiger partial charge is 0.251 e. The van der Waals surface area contributed by atoms with Gasteiger partial charge in [0.1, 0.15) is 11.3 Å². The van der Waals surface area contributed by atoms with Crippen molar-refractivity contribution in [1.29, 1.82) is 0 Å². The van der Waals surface area contributed by atoms with Gasteiger partial charge in [-0.3, -0.25) is 4.79 Å². The number of hydrogen-bond acceptors (Lipinski definition) is 6. The molecule has 0 aliphatic rings. The summed E-state index contributed by atoms with van der Waals surface area (Å²) in [5, 5.41) is 2.96. The molecule has 1 amide bonds. The molecule has 0 radical (unpaired) electrons. The molecule has 4 heterocycles. The van der Waals surface area contributed by atoms with Crippen LogP contribution in [-0.4, -0.2) is 31.4 Å². The third-order valence-corrected chi connectivity index (χ3v) is 6.19. The van der Waals surface area contributed by atoms with Crippen molar-refractivity contribution < 1.29 is 9.53 Å². The van der Waals surface area contributed by atoms with Crippen molar-refractivity contribution in [2.75, 3.05) is 0 Å². The summed E-state index contributed by atoms with van der Waals surface area (Å²) >= 11 is 7.54. The van der Waals surface area contributed by atoms with Crippen LogP contribution >= 0.6 is 22.9 Å². The van der Waals surface area contributed by atoms with Gasteiger partial charge in [-0.05, 0) is 55.8 Å². The highest BCUT2D eigenvalue weighted by atomic mass is 35.5. The van der Waals surface area contributed by atoms with E-state index < -0.39 is 0 Å². The van der Waals surface area contributed by atoms with E-state index in [0.717, 1.165) is 16.1 Å². The second kappa shape index (κ2) is 8.80. The summed E-state index contributed by atoms with van der Waals surface area (Å²) in [4.78, 5) is 27.3. The highest BCUT2D eigenvalue weighted by Gasteiger charge is 2.17. The maximum Gasteiger partial charge on any atom is 0.251 e. The van der Waals surface area contributed by atoms with Gasteiger partial charge < -0.3 is 14.5 Å². The Balaban J connectivity index is 1.43. The molecule has 0 spiro atoms. The first-order valence-electron chi connectivity index (χ1n) is 10.4. The Morgan fingerprint density at radius 1 is 1.15 bits per heavy atom. The number of nitrogens with zero attached hydrogens (tertiary/aromatic N) is 4. The average molecular weight is 478 g/mol. The second-order valence-electron chi connectivity index (χ2n) is 7.76. The van der Waals surface area contributed by atoms with E-state index in [-0.39, 0.29) is 12.0 Å². The molecule has 33 heavy (non-hydrogen) atoms. The molecule has 0 saturated carbocycles. The first-order chi connectivity index (χ1) is 16.0. The molecule has 0 saturated heterocycles. The second-order valence-corrected chi connectivity index (χ2v) is 9.48. The Kier molecular flexibility index (Phi) is 5.70. The minimum Gasteiger partial charge on any atom is -0.473 e. The lowest BCUT2D eigenvalue weighted by atomic mass is 10.1. The maximum absolute atomic E-state index is 12.8. The highest BCUT2D eigenvalue weighted by molar-refractivity contribution is 7.19. The largest absolute Gasteiger partial charge is 0.473 e. The van der Waals surface area contributed by atoms with E-state index in [4.69, 9.17) is 21.3 Å². The molecule has 4 aromatic heterocycles. The van der Waals surface area contributed by atoms with Crippen molar-refractivity contribution in [3.8, 4) is 16.5 Å². The number of nitrogens with one attached hydrogen (secondary N) is 1. The summed E-state index contributed by atoms with van der Waals surface area (Å²) in [5.41, 5.74) is 4.22. The molecule has 0 unspecified atom stereocenters. The highest BCUT2D eigenvalue weighted by Crippen LogP contribution is 2.36. The quantitative estimate of drug-likeness (QED) is 0.355. The van der Waals surface area contributed by atoms with E-state index in [0.29, 0.717) is 39.1 Å². The first kappa shape index (κ1) is 21.4. The molecule has 0 aliphatic carbocycles. The number of aromatic nitrogens is 4. The summed E-state index contributed by atoms with van der Waals surface area (Å²) in [6, 6.07) is 12.8. The molecule has 7 nitrogen and oxygen atoms in total. The summed E-state index contributed by atoms with van der Waals surface area (Å²) in [6.45, 7) is 4.28. The SMILES string of the molecule is CC(C)Oc1nc2ccc(C(=O)NCc3ccc4nccn4c3)cc2nc1-c1ccc(Cl)s1. The first-order valence-corrected chi connectivity index (χ1v) is 11.6. The van der Waals surface area contributed by atoms with Crippen LogP contribution in [0.3, 0.4) is 0 Å². The number of thiophene rings is 1. The average Bonchev–Trinajstić information content (AvgIpc) is 3.44. The number of carbonyl (C=O) groups is 1. The Hall–Kier alpha value is -3.49. The van der Waals surface area contributed by atoms with Crippen molar-refractivity contribution >= 4 is 45.5 Å². The van der Waals surface area contributed by atoms with E-state index >= 15 is 0 Å². The molecular formula is C24H20ClN5O2S. The van der Waals surface area contributed by atoms with Crippen LogP contribution in [0.25, 0.3) is 27.3 Å². The van der Waals surface area contributed by atoms with Crippen molar-refractivity contribution in [2.24, 2.45) is 0 Å². The fraction of sp³-hybridized carbons (Fsp3) is 0.167.